The highest BCUT2D eigenvalue weighted by Crippen LogP contribution is 2.13. The van der Waals surface area contributed by atoms with Crippen molar-refractivity contribution < 1.29 is 29.6 Å². The largest absolute Gasteiger partial charge is 0.550 e. The molecule has 0 aliphatic rings. The molecule has 6 heteroatoms. The molecule has 0 aromatic carbocycles. The summed E-state index contributed by atoms with van der Waals surface area (Å²) < 4.78 is 0. The zero-order valence-electron chi connectivity index (χ0n) is 11.8. The fraction of sp³-hybridized carbons (Fsp3) is 0.846. The smallest absolute Gasteiger partial charge is 0.132 e. The topological polar surface area (TPSA) is 98.7 Å². The van der Waals surface area contributed by atoms with Gasteiger partial charge in [0, 0.05) is 5.97 Å². The summed E-state index contributed by atoms with van der Waals surface area (Å²) in [5.74, 6) is -2.37. The Labute approximate surface area is 113 Å². The maximum Gasteiger partial charge on any atom is 0.132 e. The Morgan fingerprint density at radius 2 is 1.63 bits per heavy atom. The van der Waals surface area contributed by atoms with Crippen LogP contribution in [0.1, 0.15) is 59.3 Å². The molecule has 0 radical (unpaired) electrons. The molecule has 112 valence electrons. The Hall–Kier alpha value is -1.14. The maximum atomic E-state index is 10.8. The van der Waals surface area contributed by atoms with Crippen LogP contribution in [0.25, 0.3) is 0 Å². The van der Waals surface area contributed by atoms with E-state index >= 15 is 0 Å². The normalized spacial score (nSPS) is 13.2. The van der Waals surface area contributed by atoms with E-state index in [1.54, 1.807) is 20.8 Å². The van der Waals surface area contributed by atoms with Crippen molar-refractivity contribution in [2.24, 2.45) is 0 Å². The van der Waals surface area contributed by atoms with E-state index in [2.05, 4.69) is 0 Å². The Balaban J connectivity index is 3.77. The Bertz CT molecular complexity index is 281. The van der Waals surface area contributed by atoms with Crippen molar-refractivity contribution in [3.8, 4) is 0 Å². The van der Waals surface area contributed by atoms with E-state index in [9.17, 15) is 19.8 Å². The third-order valence-corrected chi connectivity index (χ3v) is 2.27. The van der Waals surface area contributed by atoms with Crippen molar-refractivity contribution in [2.75, 3.05) is 0 Å². The highest BCUT2D eigenvalue weighted by Gasteiger charge is 2.17. The van der Waals surface area contributed by atoms with Crippen LogP contribution >= 0.6 is 0 Å². The lowest BCUT2D eigenvalue weighted by Crippen LogP contribution is -2.39. The second-order valence-electron chi connectivity index (χ2n) is 5.42. The zero-order chi connectivity index (χ0) is 14.9. The van der Waals surface area contributed by atoms with E-state index in [-0.39, 0.29) is 12.8 Å². The van der Waals surface area contributed by atoms with Crippen molar-refractivity contribution >= 4 is 11.9 Å². The van der Waals surface area contributed by atoms with E-state index in [4.69, 9.17) is 9.78 Å². The van der Waals surface area contributed by atoms with Gasteiger partial charge in [-0.25, -0.2) is 9.78 Å². The van der Waals surface area contributed by atoms with Crippen LogP contribution in [0, 0.1) is 0 Å². The number of carbonyl (C=O) groups is 2. The summed E-state index contributed by atoms with van der Waals surface area (Å²) in [6.07, 6.45) is 1.82. The van der Waals surface area contributed by atoms with E-state index in [0.717, 1.165) is 6.42 Å². The molecule has 0 N–H and O–H groups in total. The van der Waals surface area contributed by atoms with Crippen LogP contribution in [0.3, 0.4) is 0 Å². The van der Waals surface area contributed by atoms with Gasteiger partial charge in [0.2, 0.25) is 0 Å². The lowest BCUT2D eigenvalue weighted by Gasteiger charge is -2.23. The second kappa shape index (κ2) is 8.87. The summed E-state index contributed by atoms with van der Waals surface area (Å²) >= 11 is 0. The van der Waals surface area contributed by atoms with Gasteiger partial charge in [-0.2, -0.15) is 0 Å². The fourth-order valence-electron chi connectivity index (χ4n) is 1.36. The molecule has 0 saturated carbocycles. The summed E-state index contributed by atoms with van der Waals surface area (Å²) in [5, 5.41) is 21.0. The van der Waals surface area contributed by atoms with E-state index in [1.165, 1.54) is 0 Å². The average molecular weight is 274 g/mol. The molecule has 0 bridgehead atoms. The lowest BCUT2D eigenvalue weighted by atomic mass is 10.1. The van der Waals surface area contributed by atoms with Gasteiger partial charge in [0.1, 0.15) is 6.10 Å². The molecule has 0 amide bonds. The van der Waals surface area contributed by atoms with Crippen molar-refractivity contribution in [3.05, 3.63) is 0 Å². The Kier molecular flexibility index (Phi) is 8.34. The van der Waals surface area contributed by atoms with Gasteiger partial charge < -0.3 is 19.8 Å². The van der Waals surface area contributed by atoms with Crippen LogP contribution in [0.4, 0.5) is 0 Å². The third kappa shape index (κ3) is 11.7. The Morgan fingerprint density at radius 1 is 1.05 bits per heavy atom. The quantitative estimate of drug-likeness (QED) is 0.314. The van der Waals surface area contributed by atoms with Gasteiger partial charge in [0.05, 0.1) is 11.6 Å². The van der Waals surface area contributed by atoms with Gasteiger partial charge in [-0.05, 0) is 40.0 Å². The third-order valence-electron chi connectivity index (χ3n) is 2.27. The van der Waals surface area contributed by atoms with Gasteiger partial charge in [-0.1, -0.05) is 19.3 Å². The molecule has 0 saturated heterocycles. The number of carboxylic acid groups (broad SMARTS) is 2. The van der Waals surface area contributed by atoms with Crippen LogP contribution in [0.5, 0.6) is 0 Å². The molecular weight excluding hydrogens is 252 g/mol. The number of carbonyl (C=O) groups excluding carboxylic acids is 2. The Morgan fingerprint density at radius 3 is 2.11 bits per heavy atom. The van der Waals surface area contributed by atoms with Crippen molar-refractivity contribution in [1.82, 2.24) is 0 Å². The molecule has 0 rings (SSSR count). The first-order valence-electron chi connectivity index (χ1n) is 6.47. The van der Waals surface area contributed by atoms with E-state index in [1.807, 2.05) is 0 Å². The molecule has 0 spiro atoms. The highest BCUT2D eigenvalue weighted by atomic mass is 17.2. The van der Waals surface area contributed by atoms with Gasteiger partial charge in [0.15, 0.2) is 0 Å². The molecule has 6 nitrogen and oxygen atoms in total. The first-order chi connectivity index (χ1) is 8.72. The summed E-state index contributed by atoms with van der Waals surface area (Å²) in [6, 6.07) is 0. The minimum absolute atomic E-state index is 0.0353. The predicted octanol–water partition coefficient (Wildman–Crippen LogP) is -0.0579. The maximum absolute atomic E-state index is 10.8. The molecule has 0 heterocycles. The summed E-state index contributed by atoms with van der Waals surface area (Å²) in [6.45, 7) is 5.25. The highest BCUT2D eigenvalue weighted by molar-refractivity contribution is 5.69. The van der Waals surface area contributed by atoms with Crippen LogP contribution in [0.15, 0.2) is 0 Å². The second-order valence-corrected chi connectivity index (χ2v) is 5.42. The molecule has 1 unspecified atom stereocenters. The summed E-state index contributed by atoms with van der Waals surface area (Å²) in [5.41, 5.74) is -0.581. The molecule has 0 aliphatic heterocycles. The van der Waals surface area contributed by atoms with E-state index in [0.29, 0.717) is 19.3 Å². The SMILES string of the molecule is CC(C)(C)OOC(CCCCCCC(=O)[O-])C(=O)[O-]. The standard InChI is InChI=1S/C13H24O6/c1-13(2,3)19-18-10(12(16)17)8-6-4-5-7-9-11(14)15/h10H,4-9H2,1-3H3,(H,14,15)(H,16,17)/p-2. The summed E-state index contributed by atoms with van der Waals surface area (Å²) in [4.78, 5) is 30.8. The molecule has 19 heavy (non-hydrogen) atoms. The fourth-order valence-corrected chi connectivity index (χ4v) is 1.36. The van der Waals surface area contributed by atoms with Gasteiger partial charge in [0.25, 0.3) is 0 Å². The van der Waals surface area contributed by atoms with Crippen LogP contribution in [-0.4, -0.2) is 23.6 Å². The van der Waals surface area contributed by atoms with Gasteiger partial charge in [-0.3, -0.25) is 0 Å². The van der Waals surface area contributed by atoms with Crippen molar-refractivity contribution in [1.29, 1.82) is 0 Å². The predicted molar refractivity (Wildman–Crippen MR) is 63.4 cm³/mol. The molecular formula is C13H22O6-2. The van der Waals surface area contributed by atoms with Gasteiger partial charge in [-0.15, -0.1) is 0 Å². The van der Waals surface area contributed by atoms with Crippen molar-refractivity contribution in [2.45, 2.75) is 71.0 Å². The lowest BCUT2D eigenvalue weighted by molar-refractivity contribution is -0.392. The minimum Gasteiger partial charge on any atom is -0.550 e. The zero-order valence-corrected chi connectivity index (χ0v) is 11.8. The molecule has 0 aromatic heterocycles. The van der Waals surface area contributed by atoms with Crippen molar-refractivity contribution in [3.63, 3.8) is 0 Å². The minimum atomic E-state index is -1.31. The number of hydrogen-bond donors (Lipinski definition) is 0. The van der Waals surface area contributed by atoms with Crippen LogP contribution < -0.4 is 10.2 Å². The number of hydrogen-bond acceptors (Lipinski definition) is 6. The summed E-state index contributed by atoms with van der Waals surface area (Å²) in [7, 11) is 0. The van der Waals surface area contributed by atoms with Gasteiger partial charge >= 0.3 is 0 Å². The molecule has 1 atom stereocenters. The average Bonchev–Trinajstić information content (AvgIpc) is 2.24. The number of aliphatic carboxylic acids is 2. The first-order valence-corrected chi connectivity index (χ1v) is 6.47. The number of carboxylic acids is 2. The molecule has 0 aromatic rings. The molecule has 0 fully saturated rings. The molecule has 0 aliphatic carbocycles. The monoisotopic (exact) mass is 274 g/mol. The van der Waals surface area contributed by atoms with E-state index < -0.39 is 23.6 Å². The first kappa shape index (κ1) is 17.9. The number of unbranched alkanes of at least 4 members (excludes halogenated alkanes) is 3. The van der Waals surface area contributed by atoms with Crippen LogP contribution in [-0.2, 0) is 19.4 Å². The van der Waals surface area contributed by atoms with Crippen LogP contribution in [0.2, 0.25) is 0 Å². The number of rotatable bonds is 10.